The number of pyridine rings is 1. The maximum absolute atomic E-state index is 13.6. The zero-order valence-corrected chi connectivity index (χ0v) is 19.0. The molecule has 3 heterocycles. The first-order valence-corrected chi connectivity index (χ1v) is 11.0. The van der Waals surface area contributed by atoms with Crippen LogP contribution in [-0.4, -0.2) is 30.2 Å². The van der Waals surface area contributed by atoms with E-state index in [1.807, 2.05) is 32.0 Å². The molecule has 10 heteroatoms. The van der Waals surface area contributed by atoms with E-state index in [2.05, 4.69) is 20.6 Å². The van der Waals surface area contributed by atoms with Crippen LogP contribution < -0.4 is 11.0 Å². The lowest BCUT2D eigenvalue weighted by molar-refractivity contribution is -0.117. The number of halogens is 1. The molecule has 9 nitrogen and oxygen atoms in total. The van der Waals surface area contributed by atoms with Crippen LogP contribution in [0.25, 0.3) is 28.5 Å². The van der Waals surface area contributed by atoms with E-state index in [4.69, 9.17) is 4.52 Å². The number of para-hydroxylation sites is 1. The fourth-order valence-corrected chi connectivity index (χ4v) is 3.90. The molecule has 0 aliphatic heterocycles. The van der Waals surface area contributed by atoms with E-state index < -0.39 is 11.5 Å². The second-order valence-electron chi connectivity index (χ2n) is 8.00. The van der Waals surface area contributed by atoms with Crippen LogP contribution in [0.1, 0.15) is 18.1 Å². The van der Waals surface area contributed by atoms with Gasteiger partial charge in [-0.3, -0.25) is 4.79 Å². The molecular formula is C25H21FN6O3. The fourth-order valence-electron chi connectivity index (χ4n) is 3.90. The Hall–Kier alpha value is -4.60. The summed E-state index contributed by atoms with van der Waals surface area (Å²) in [6.07, 6.45) is 2.31. The summed E-state index contributed by atoms with van der Waals surface area (Å²) < 4.78 is 21.3. The molecule has 2 aromatic carbocycles. The Balaban J connectivity index is 1.46. The maximum Gasteiger partial charge on any atom is 0.350 e. The topological polar surface area (TPSA) is 107 Å². The average molecular weight is 472 g/mol. The van der Waals surface area contributed by atoms with E-state index in [0.717, 1.165) is 27.9 Å². The van der Waals surface area contributed by atoms with E-state index in [0.29, 0.717) is 11.1 Å². The first-order chi connectivity index (χ1) is 16.9. The lowest BCUT2D eigenvalue weighted by Crippen LogP contribution is -2.28. The summed E-state index contributed by atoms with van der Waals surface area (Å²) in [4.78, 5) is 30.0. The third kappa shape index (κ3) is 4.21. The molecular weight excluding hydrogens is 451 g/mol. The summed E-state index contributed by atoms with van der Waals surface area (Å²) in [7, 11) is 0. The van der Waals surface area contributed by atoms with Crippen molar-refractivity contribution in [2.75, 3.05) is 5.32 Å². The van der Waals surface area contributed by atoms with Gasteiger partial charge in [0.15, 0.2) is 5.65 Å². The van der Waals surface area contributed by atoms with Gasteiger partial charge in [0.25, 0.3) is 5.89 Å². The number of fused-ring (bicyclic) bond motifs is 1. The predicted octanol–water partition coefficient (Wildman–Crippen LogP) is 3.86. The molecule has 0 unspecified atom stereocenters. The Bertz CT molecular complexity index is 1620. The van der Waals surface area contributed by atoms with Crippen molar-refractivity contribution >= 4 is 17.2 Å². The van der Waals surface area contributed by atoms with Gasteiger partial charge in [-0.25, -0.2) is 18.3 Å². The second kappa shape index (κ2) is 8.98. The van der Waals surface area contributed by atoms with Crippen molar-refractivity contribution in [1.82, 2.24) is 24.3 Å². The standard InChI is InChI=1S/C25H21FN6O3/c1-3-16-8-4-7-15(2)21(16)27-20(33)14-32-25(34)31-12-6-11-19(23(31)29-32)24-28-22(30-35-24)17-9-5-10-18(26)13-17/h4-13H,3,14H2,1-2H3,(H,27,33). The molecule has 0 atom stereocenters. The highest BCUT2D eigenvalue weighted by Gasteiger charge is 2.19. The quantitative estimate of drug-likeness (QED) is 0.402. The zero-order valence-electron chi connectivity index (χ0n) is 19.0. The van der Waals surface area contributed by atoms with Crippen LogP contribution in [0.5, 0.6) is 0 Å². The van der Waals surface area contributed by atoms with Crippen LogP contribution in [0.15, 0.2) is 70.1 Å². The largest absolute Gasteiger partial charge is 0.350 e. The van der Waals surface area contributed by atoms with E-state index in [1.165, 1.54) is 16.5 Å². The van der Waals surface area contributed by atoms with Crippen molar-refractivity contribution in [1.29, 1.82) is 0 Å². The van der Waals surface area contributed by atoms with Crippen molar-refractivity contribution in [2.24, 2.45) is 0 Å². The second-order valence-corrected chi connectivity index (χ2v) is 8.00. The smallest absolute Gasteiger partial charge is 0.333 e. The van der Waals surface area contributed by atoms with Crippen molar-refractivity contribution in [2.45, 2.75) is 26.8 Å². The van der Waals surface area contributed by atoms with Gasteiger partial charge in [0.2, 0.25) is 11.7 Å². The molecule has 0 aliphatic rings. The van der Waals surface area contributed by atoms with Crippen LogP contribution in [0.2, 0.25) is 0 Å². The van der Waals surface area contributed by atoms with E-state index >= 15 is 0 Å². The number of amides is 1. The number of carbonyl (C=O) groups excluding carboxylic acids is 1. The molecule has 1 amide bonds. The summed E-state index contributed by atoms with van der Waals surface area (Å²) in [5.41, 5.74) is 3.32. The minimum absolute atomic E-state index is 0.115. The van der Waals surface area contributed by atoms with Crippen molar-refractivity contribution < 1.29 is 13.7 Å². The minimum atomic E-state index is -0.484. The van der Waals surface area contributed by atoms with E-state index in [-0.39, 0.29) is 29.8 Å². The summed E-state index contributed by atoms with van der Waals surface area (Å²) in [6, 6.07) is 15.0. The molecule has 1 N–H and O–H groups in total. The number of hydrogen-bond acceptors (Lipinski definition) is 6. The lowest BCUT2D eigenvalue weighted by atomic mass is 10.1. The van der Waals surface area contributed by atoms with Gasteiger partial charge in [-0.05, 0) is 48.7 Å². The van der Waals surface area contributed by atoms with Crippen LogP contribution in [0.4, 0.5) is 10.1 Å². The average Bonchev–Trinajstić information content (AvgIpc) is 3.46. The van der Waals surface area contributed by atoms with Gasteiger partial charge in [0.1, 0.15) is 12.4 Å². The van der Waals surface area contributed by atoms with Gasteiger partial charge in [-0.2, -0.15) is 4.98 Å². The van der Waals surface area contributed by atoms with Gasteiger partial charge in [-0.1, -0.05) is 42.4 Å². The molecule has 0 saturated heterocycles. The molecule has 0 saturated carbocycles. The van der Waals surface area contributed by atoms with Gasteiger partial charge < -0.3 is 9.84 Å². The number of carbonyl (C=O) groups is 1. The van der Waals surface area contributed by atoms with Crippen LogP contribution in [0.3, 0.4) is 0 Å². The molecule has 3 aromatic heterocycles. The number of anilines is 1. The Morgan fingerprint density at radius 1 is 1.14 bits per heavy atom. The molecule has 0 fully saturated rings. The maximum atomic E-state index is 13.6. The Morgan fingerprint density at radius 2 is 1.97 bits per heavy atom. The Labute approximate surface area is 198 Å². The third-order valence-electron chi connectivity index (χ3n) is 5.65. The minimum Gasteiger partial charge on any atom is -0.333 e. The number of hydrogen-bond donors (Lipinski definition) is 1. The first-order valence-electron chi connectivity index (χ1n) is 11.0. The summed E-state index contributed by atoms with van der Waals surface area (Å²) in [5.74, 6) is -0.472. The zero-order chi connectivity index (χ0) is 24.5. The van der Waals surface area contributed by atoms with Crippen LogP contribution in [-0.2, 0) is 17.8 Å². The number of aromatic nitrogens is 5. The Kier molecular flexibility index (Phi) is 5.69. The van der Waals surface area contributed by atoms with Crippen molar-refractivity contribution in [3.05, 3.63) is 88.2 Å². The highest BCUT2D eigenvalue weighted by atomic mass is 19.1. The van der Waals surface area contributed by atoms with Crippen LogP contribution in [0, 0.1) is 12.7 Å². The van der Waals surface area contributed by atoms with Gasteiger partial charge in [0, 0.05) is 17.4 Å². The molecule has 0 spiro atoms. The molecule has 0 aliphatic carbocycles. The van der Waals surface area contributed by atoms with Crippen molar-refractivity contribution in [3.63, 3.8) is 0 Å². The fraction of sp³-hybridized carbons (Fsp3) is 0.160. The summed E-state index contributed by atoms with van der Waals surface area (Å²) in [5, 5.41) is 11.2. The molecule has 0 bridgehead atoms. The van der Waals surface area contributed by atoms with Crippen LogP contribution >= 0.6 is 0 Å². The molecule has 35 heavy (non-hydrogen) atoms. The van der Waals surface area contributed by atoms with E-state index in [9.17, 15) is 14.0 Å². The molecule has 176 valence electrons. The third-order valence-corrected chi connectivity index (χ3v) is 5.65. The highest BCUT2D eigenvalue weighted by molar-refractivity contribution is 5.92. The number of aryl methyl sites for hydroxylation is 2. The highest BCUT2D eigenvalue weighted by Crippen LogP contribution is 2.25. The van der Waals surface area contributed by atoms with Crippen molar-refractivity contribution in [3.8, 4) is 22.8 Å². The number of nitrogens with one attached hydrogen (secondary N) is 1. The first kappa shape index (κ1) is 22.2. The SMILES string of the molecule is CCc1cccc(C)c1NC(=O)Cn1nc2c(-c3nc(-c4cccc(F)c4)no3)cccn2c1=O. The molecule has 0 radical (unpaired) electrons. The number of nitrogens with zero attached hydrogens (tertiary/aromatic N) is 5. The Morgan fingerprint density at radius 3 is 2.77 bits per heavy atom. The lowest BCUT2D eigenvalue weighted by Gasteiger charge is -2.12. The molecule has 5 rings (SSSR count). The monoisotopic (exact) mass is 472 g/mol. The van der Waals surface area contributed by atoms with Gasteiger partial charge in [0.05, 0.1) is 5.56 Å². The number of benzene rings is 2. The molecule has 5 aromatic rings. The number of rotatable bonds is 6. The summed E-state index contributed by atoms with van der Waals surface area (Å²) >= 11 is 0. The predicted molar refractivity (Wildman–Crippen MR) is 127 cm³/mol. The van der Waals surface area contributed by atoms with E-state index in [1.54, 1.807) is 30.5 Å². The summed E-state index contributed by atoms with van der Waals surface area (Å²) in [6.45, 7) is 3.66. The normalized spacial score (nSPS) is 11.2. The van der Waals surface area contributed by atoms with Gasteiger partial charge in [-0.15, -0.1) is 5.10 Å². The van der Waals surface area contributed by atoms with Gasteiger partial charge >= 0.3 is 5.69 Å².